The fourth-order valence-electron chi connectivity index (χ4n) is 2.46. The Morgan fingerprint density at radius 1 is 1.36 bits per heavy atom. The fourth-order valence-corrected chi connectivity index (χ4v) is 3.85. The zero-order valence-corrected chi connectivity index (χ0v) is 14.7. The highest BCUT2D eigenvalue weighted by atomic mass is 32.2. The van der Waals surface area contributed by atoms with Crippen molar-refractivity contribution in [2.24, 2.45) is 0 Å². The van der Waals surface area contributed by atoms with Crippen LogP contribution in [0.4, 0.5) is 0 Å². The Kier molecular flexibility index (Phi) is 4.30. The molecule has 0 saturated heterocycles. The molecule has 0 radical (unpaired) electrons. The summed E-state index contributed by atoms with van der Waals surface area (Å²) < 4.78 is 11.8. The summed E-state index contributed by atoms with van der Waals surface area (Å²) in [7, 11) is -2.28. The second kappa shape index (κ2) is 6.29. The monoisotopic (exact) mass is 358 g/mol. The van der Waals surface area contributed by atoms with Crippen molar-refractivity contribution < 1.29 is 9.00 Å². The van der Waals surface area contributed by atoms with Crippen LogP contribution in [0.3, 0.4) is 0 Å². The van der Waals surface area contributed by atoms with E-state index in [9.17, 15) is 13.8 Å². The third-order valence-corrected chi connectivity index (χ3v) is 5.54. The van der Waals surface area contributed by atoms with Crippen LogP contribution in [-0.2, 0) is 9.52 Å². The number of aromatic amines is 1. The van der Waals surface area contributed by atoms with E-state index in [4.69, 9.17) is 0 Å². The number of hydrogen-bond acceptors (Lipinski definition) is 5. The molecule has 2 atom stereocenters. The van der Waals surface area contributed by atoms with Crippen LogP contribution < -0.4 is 10.9 Å². The molecule has 2 aromatic heterocycles. The van der Waals surface area contributed by atoms with E-state index in [-0.39, 0.29) is 17.4 Å². The number of aromatic nitrogens is 3. The summed E-state index contributed by atoms with van der Waals surface area (Å²) in [6.45, 7) is 3.69. The molecule has 0 bridgehead atoms. The number of rotatable bonds is 3. The Balaban J connectivity index is 1.82. The van der Waals surface area contributed by atoms with Gasteiger partial charge in [-0.05, 0) is 46.8 Å². The van der Waals surface area contributed by atoms with Crippen molar-refractivity contribution in [2.75, 3.05) is 5.75 Å². The summed E-state index contributed by atoms with van der Waals surface area (Å²) in [6, 6.07) is 2.67. The zero-order valence-electron chi connectivity index (χ0n) is 13.9. The smallest absolute Gasteiger partial charge is 0.261 e. The minimum atomic E-state index is -2.28. The lowest BCUT2D eigenvalue weighted by molar-refractivity contribution is 0.0946. The molecular weight excluding hydrogens is 340 g/mol. The minimum Gasteiger partial charge on any atom is -0.345 e. The van der Waals surface area contributed by atoms with Gasteiger partial charge in [0.1, 0.15) is 11.3 Å². The van der Waals surface area contributed by atoms with Gasteiger partial charge in [-0.25, -0.2) is 4.98 Å². The molecule has 1 aliphatic rings. The highest BCUT2D eigenvalue weighted by molar-refractivity contribution is 8.03. The first-order chi connectivity index (χ1) is 11.7. The van der Waals surface area contributed by atoms with Gasteiger partial charge in [0, 0.05) is 5.75 Å². The summed E-state index contributed by atoms with van der Waals surface area (Å²) in [5.41, 5.74) is 2.06. The highest BCUT2D eigenvalue weighted by Gasteiger charge is 2.21. The average Bonchev–Trinajstić information content (AvgIpc) is 2.88. The molecule has 2 N–H and O–H groups in total. The predicted molar refractivity (Wildman–Crippen MR) is 98.1 cm³/mol. The molecule has 130 valence electrons. The number of carbonyl (C=O) groups excluding carboxylic acids is 1. The maximum Gasteiger partial charge on any atom is 0.261 e. The van der Waals surface area contributed by atoms with E-state index in [1.165, 1.54) is 11.5 Å². The van der Waals surface area contributed by atoms with Gasteiger partial charge in [-0.1, -0.05) is 6.08 Å². The Bertz CT molecular complexity index is 1040. The molecule has 7 nitrogen and oxygen atoms in total. The van der Waals surface area contributed by atoms with Gasteiger partial charge in [-0.2, -0.15) is 0 Å². The van der Waals surface area contributed by atoms with Crippen LogP contribution in [-0.4, -0.2) is 42.7 Å². The molecule has 25 heavy (non-hydrogen) atoms. The van der Waals surface area contributed by atoms with E-state index in [0.717, 1.165) is 11.4 Å². The van der Waals surface area contributed by atoms with E-state index in [0.29, 0.717) is 11.4 Å². The second-order valence-corrected chi connectivity index (χ2v) is 8.33. The van der Waals surface area contributed by atoms with Gasteiger partial charge >= 0.3 is 0 Å². The van der Waals surface area contributed by atoms with Gasteiger partial charge in [0.25, 0.3) is 11.5 Å². The first kappa shape index (κ1) is 17.1. The summed E-state index contributed by atoms with van der Waals surface area (Å²) in [5, 5.41) is 4.18. The normalized spacial score (nSPS) is 22.1. The van der Waals surface area contributed by atoms with Crippen molar-refractivity contribution in [1.29, 1.82) is 0 Å². The van der Waals surface area contributed by atoms with Crippen LogP contribution in [0.1, 0.15) is 21.7 Å². The quantitative estimate of drug-likeness (QED) is 0.790. The van der Waals surface area contributed by atoms with Crippen LogP contribution in [0, 0.1) is 13.8 Å². The van der Waals surface area contributed by atoms with Crippen LogP contribution in [0.5, 0.6) is 0 Å². The van der Waals surface area contributed by atoms with Crippen molar-refractivity contribution in [3.05, 3.63) is 57.1 Å². The molecule has 3 heterocycles. The maximum atomic E-state index is 12.3. The number of amides is 1. The first-order valence-electron chi connectivity index (χ1n) is 7.63. The SMILES string of the molecule is C=S1(=O)C=C[C@@H](NC(=O)c2ccc(-c3cnc(C)c(C)n3)[nH]c2=O)C1. The molecule has 8 heteroatoms. The molecule has 0 saturated carbocycles. The molecular formula is C17H18N4O3S. The number of aryl methyl sites for hydroxylation is 2. The van der Waals surface area contributed by atoms with Gasteiger partial charge < -0.3 is 10.3 Å². The fraction of sp³-hybridized carbons (Fsp3) is 0.235. The van der Waals surface area contributed by atoms with Crippen molar-refractivity contribution in [2.45, 2.75) is 19.9 Å². The number of nitrogens with zero attached hydrogens (tertiary/aromatic N) is 2. The topological polar surface area (TPSA) is 105 Å². The standard InChI is InChI=1S/C17H18N4O3S/c1-10-11(2)19-15(8-18-10)14-5-4-13(17(23)21-14)16(22)20-12-6-7-25(3,24)9-12/h4-8,12H,3,9H2,1-2H3,(H,20,22)(H,21,23)/t12-,25?/m1/s1. The largest absolute Gasteiger partial charge is 0.345 e. The van der Waals surface area contributed by atoms with Gasteiger partial charge in [0.05, 0.1) is 29.3 Å². The molecule has 0 fully saturated rings. The summed E-state index contributed by atoms with van der Waals surface area (Å²) in [5.74, 6) is 3.31. The van der Waals surface area contributed by atoms with E-state index >= 15 is 0 Å². The van der Waals surface area contributed by atoms with Gasteiger partial charge in [-0.15, -0.1) is 0 Å². The molecule has 1 unspecified atom stereocenters. The Hall–Kier alpha value is -2.74. The molecule has 0 aliphatic carbocycles. The lowest BCUT2D eigenvalue weighted by Crippen LogP contribution is -2.38. The number of H-pyrrole nitrogens is 1. The average molecular weight is 358 g/mol. The molecule has 0 spiro atoms. The van der Waals surface area contributed by atoms with Crippen molar-refractivity contribution in [3.8, 4) is 11.4 Å². The lowest BCUT2D eigenvalue weighted by atomic mass is 10.2. The van der Waals surface area contributed by atoms with Crippen molar-refractivity contribution >= 4 is 21.3 Å². The first-order valence-corrected chi connectivity index (χ1v) is 9.59. The van der Waals surface area contributed by atoms with Crippen LogP contribution in [0.15, 0.2) is 34.6 Å². The lowest BCUT2D eigenvalue weighted by Gasteiger charge is -2.11. The van der Waals surface area contributed by atoms with Crippen LogP contribution >= 0.6 is 0 Å². The van der Waals surface area contributed by atoms with E-state index < -0.39 is 21.0 Å². The Morgan fingerprint density at radius 2 is 2.12 bits per heavy atom. The second-order valence-electron chi connectivity index (χ2n) is 5.99. The molecule has 1 amide bonds. The predicted octanol–water partition coefficient (Wildman–Crippen LogP) is 0.791. The molecule has 1 aliphatic heterocycles. The summed E-state index contributed by atoms with van der Waals surface area (Å²) in [6.07, 6.45) is 3.21. The Labute approximate surface area is 145 Å². The summed E-state index contributed by atoms with van der Waals surface area (Å²) in [4.78, 5) is 35.8. The van der Waals surface area contributed by atoms with E-state index in [2.05, 4.69) is 26.1 Å². The summed E-state index contributed by atoms with van der Waals surface area (Å²) >= 11 is 0. The highest BCUT2D eigenvalue weighted by Crippen LogP contribution is 2.14. The molecule has 3 rings (SSSR count). The van der Waals surface area contributed by atoms with E-state index in [1.807, 2.05) is 13.8 Å². The minimum absolute atomic E-state index is 0.0172. The third-order valence-electron chi connectivity index (χ3n) is 3.96. The van der Waals surface area contributed by atoms with Gasteiger partial charge in [0.15, 0.2) is 0 Å². The number of hydrogen-bond donors (Lipinski definition) is 2. The zero-order chi connectivity index (χ0) is 18.2. The number of carbonyl (C=O) groups is 1. The molecule has 0 aromatic carbocycles. The van der Waals surface area contributed by atoms with Crippen LogP contribution in [0.2, 0.25) is 0 Å². The van der Waals surface area contributed by atoms with Crippen molar-refractivity contribution in [1.82, 2.24) is 20.3 Å². The van der Waals surface area contributed by atoms with Crippen LogP contribution in [0.25, 0.3) is 11.4 Å². The van der Waals surface area contributed by atoms with Gasteiger partial charge in [-0.3, -0.25) is 18.8 Å². The maximum absolute atomic E-state index is 12.3. The number of pyridine rings is 1. The molecule has 2 aromatic rings. The van der Waals surface area contributed by atoms with E-state index in [1.54, 1.807) is 18.3 Å². The van der Waals surface area contributed by atoms with Crippen molar-refractivity contribution in [3.63, 3.8) is 0 Å². The van der Waals surface area contributed by atoms with Gasteiger partial charge in [0.2, 0.25) is 0 Å². The number of nitrogens with one attached hydrogen (secondary N) is 2. The third kappa shape index (κ3) is 3.69. The Morgan fingerprint density at radius 3 is 2.72 bits per heavy atom.